The van der Waals surface area contributed by atoms with Crippen LogP contribution in [0.4, 0.5) is 0 Å². The summed E-state index contributed by atoms with van der Waals surface area (Å²) in [5, 5.41) is 6.50. The number of hydrogen-bond acceptors (Lipinski definition) is 6. The van der Waals surface area contributed by atoms with Gasteiger partial charge in [-0.25, -0.2) is 4.79 Å². The number of benzene rings is 1. The van der Waals surface area contributed by atoms with Gasteiger partial charge in [-0.1, -0.05) is 5.16 Å². The minimum Gasteiger partial charge on any atom is -0.486 e. The van der Waals surface area contributed by atoms with Gasteiger partial charge in [0, 0.05) is 12.1 Å². The molecule has 1 atom stereocenters. The summed E-state index contributed by atoms with van der Waals surface area (Å²) in [4.78, 5) is 25.6. The number of nitrogens with zero attached hydrogens (tertiary/aromatic N) is 1. The fourth-order valence-electron chi connectivity index (χ4n) is 3.91. The first-order chi connectivity index (χ1) is 12.5. The first-order valence-corrected chi connectivity index (χ1v) is 8.75. The van der Waals surface area contributed by atoms with Crippen molar-refractivity contribution in [2.45, 2.75) is 44.5 Å². The zero-order valence-corrected chi connectivity index (χ0v) is 14.5. The van der Waals surface area contributed by atoms with Crippen LogP contribution in [-0.4, -0.2) is 34.3 Å². The van der Waals surface area contributed by atoms with Gasteiger partial charge in [-0.15, -0.1) is 0 Å². The molecule has 26 heavy (non-hydrogen) atoms. The van der Waals surface area contributed by atoms with E-state index >= 15 is 0 Å². The van der Waals surface area contributed by atoms with Crippen molar-refractivity contribution in [2.24, 2.45) is 5.92 Å². The predicted octanol–water partition coefficient (Wildman–Crippen LogP) is 1.63. The maximum Gasteiger partial charge on any atom is 0.439 e. The van der Waals surface area contributed by atoms with E-state index in [9.17, 15) is 9.59 Å². The Bertz CT molecular complexity index is 835. The number of aromatic nitrogens is 2. The quantitative estimate of drug-likeness (QED) is 0.812. The molecule has 0 spiro atoms. The lowest BCUT2D eigenvalue weighted by Crippen LogP contribution is -2.59. The van der Waals surface area contributed by atoms with Crippen LogP contribution in [0, 0.1) is 5.92 Å². The van der Waals surface area contributed by atoms with Crippen LogP contribution in [-0.2, 0) is 11.3 Å². The van der Waals surface area contributed by atoms with Crippen LogP contribution in [0.1, 0.15) is 42.4 Å². The van der Waals surface area contributed by atoms with E-state index in [0.717, 1.165) is 25.2 Å². The number of amides is 1. The number of H-pyrrole nitrogens is 1. The first kappa shape index (κ1) is 16.8. The third-order valence-corrected chi connectivity index (χ3v) is 4.99. The smallest absolute Gasteiger partial charge is 0.439 e. The highest BCUT2D eigenvalue weighted by Crippen LogP contribution is 2.48. The molecule has 2 saturated heterocycles. The number of carbonyl (C=O) groups is 1. The Balaban J connectivity index is 1.29. The summed E-state index contributed by atoms with van der Waals surface area (Å²) in [6.07, 6.45) is 3.47. The molecule has 1 aliphatic carbocycles. The topological polar surface area (TPSA) is 106 Å². The second-order valence-electron chi connectivity index (χ2n) is 7.16. The molecule has 0 radical (unpaired) electrons. The van der Waals surface area contributed by atoms with Gasteiger partial charge in [0.2, 0.25) is 0 Å². The van der Waals surface area contributed by atoms with E-state index in [-0.39, 0.29) is 24.2 Å². The third-order valence-electron chi connectivity index (χ3n) is 4.99. The Hall–Kier alpha value is -2.61. The predicted molar refractivity (Wildman–Crippen MR) is 90.8 cm³/mol. The molecule has 1 aromatic heterocycles. The lowest BCUT2D eigenvalue weighted by molar-refractivity contribution is -0.207. The molecule has 5 rings (SSSR count). The van der Waals surface area contributed by atoms with Gasteiger partial charge in [-0.2, -0.15) is 0 Å². The Labute approximate surface area is 149 Å². The zero-order chi connectivity index (χ0) is 18.1. The Kier molecular flexibility index (Phi) is 4.28. The van der Waals surface area contributed by atoms with E-state index in [1.807, 2.05) is 0 Å². The molecule has 3 fully saturated rings. The van der Waals surface area contributed by atoms with Gasteiger partial charge in [-0.3, -0.25) is 14.3 Å². The number of ether oxygens (including phenoxy) is 2. The van der Waals surface area contributed by atoms with Gasteiger partial charge in [0.05, 0.1) is 11.7 Å². The minimum atomic E-state index is -0.621. The van der Waals surface area contributed by atoms with E-state index in [1.54, 1.807) is 24.3 Å². The third kappa shape index (κ3) is 3.50. The molecule has 138 valence electrons. The maximum absolute atomic E-state index is 12.4. The number of aromatic amines is 1. The zero-order valence-electron chi connectivity index (χ0n) is 14.5. The molecule has 1 saturated carbocycles. The highest BCUT2D eigenvalue weighted by Gasteiger charge is 2.50. The van der Waals surface area contributed by atoms with E-state index in [2.05, 4.69) is 26.9 Å². The molecule has 1 amide bonds. The van der Waals surface area contributed by atoms with E-state index < -0.39 is 5.76 Å². The summed E-state index contributed by atoms with van der Waals surface area (Å²) in [6, 6.07) is 6.79. The summed E-state index contributed by atoms with van der Waals surface area (Å²) in [6.45, 7) is 2.72. The van der Waals surface area contributed by atoms with Crippen molar-refractivity contribution in [3.05, 3.63) is 46.2 Å². The molecule has 3 aliphatic rings. The monoisotopic (exact) mass is 359 g/mol. The van der Waals surface area contributed by atoms with E-state index in [1.165, 1.54) is 0 Å². The Morgan fingerprint density at radius 3 is 2.81 bits per heavy atom. The largest absolute Gasteiger partial charge is 0.486 e. The molecule has 2 aliphatic heterocycles. The van der Waals surface area contributed by atoms with Gasteiger partial charge in [0.1, 0.15) is 12.4 Å². The standard InChI is InChI=1S/C18H21N3O5/c1-11-6-12-7-18(8-12,25-11)10-19-16(22)13-2-4-14(5-3-13)24-9-15-20-17(23)26-21-15/h2-5,11-12H,6-10H2,1H3,(H,19,22)(H,20,21,23). The lowest BCUT2D eigenvalue weighted by Gasteiger charge is -2.54. The van der Waals surface area contributed by atoms with Crippen LogP contribution in [0.15, 0.2) is 33.6 Å². The molecule has 2 bridgehead atoms. The summed E-state index contributed by atoms with van der Waals surface area (Å²) >= 11 is 0. The van der Waals surface area contributed by atoms with Crippen molar-refractivity contribution in [1.29, 1.82) is 0 Å². The molecule has 2 N–H and O–H groups in total. The number of hydrogen-bond donors (Lipinski definition) is 2. The molecule has 2 aromatic rings. The van der Waals surface area contributed by atoms with Crippen LogP contribution in [0.5, 0.6) is 5.75 Å². The van der Waals surface area contributed by atoms with Crippen LogP contribution < -0.4 is 15.8 Å². The number of fused-ring (bicyclic) bond motifs is 2. The number of nitrogens with one attached hydrogen (secondary N) is 2. The van der Waals surface area contributed by atoms with Crippen molar-refractivity contribution in [3.8, 4) is 5.75 Å². The lowest BCUT2D eigenvalue weighted by atomic mass is 9.66. The first-order valence-electron chi connectivity index (χ1n) is 8.75. The van der Waals surface area contributed by atoms with E-state index in [0.29, 0.717) is 23.7 Å². The molecule has 1 unspecified atom stereocenters. The van der Waals surface area contributed by atoms with Gasteiger partial charge in [-0.05, 0) is 56.4 Å². The van der Waals surface area contributed by atoms with Crippen molar-refractivity contribution in [3.63, 3.8) is 0 Å². The Morgan fingerprint density at radius 1 is 1.38 bits per heavy atom. The molecular formula is C18H21N3O5. The van der Waals surface area contributed by atoms with E-state index in [4.69, 9.17) is 9.47 Å². The molecule has 1 aromatic carbocycles. The fourth-order valence-corrected chi connectivity index (χ4v) is 3.91. The van der Waals surface area contributed by atoms with Crippen molar-refractivity contribution < 1.29 is 18.8 Å². The highest BCUT2D eigenvalue weighted by molar-refractivity contribution is 5.94. The molecule has 8 heteroatoms. The van der Waals surface area contributed by atoms with Crippen LogP contribution in [0.3, 0.4) is 0 Å². The number of carbonyl (C=O) groups excluding carboxylic acids is 1. The van der Waals surface area contributed by atoms with Crippen molar-refractivity contribution in [2.75, 3.05) is 6.54 Å². The van der Waals surface area contributed by atoms with Crippen molar-refractivity contribution in [1.82, 2.24) is 15.5 Å². The van der Waals surface area contributed by atoms with Crippen molar-refractivity contribution >= 4 is 5.91 Å². The molecule has 8 nitrogen and oxygen atoms in total. The average molecular weight is 359 g/mol. The maximum atomic E-state index is 12.4. The van der Waals surface area contributed by atoms with Gasteiger partial charge < -0.3 is 14.8 Å². The molecule has 3 heterocycles. The fraction of sp³-hybridized carbons (Fsp3) is 0.500. The van der Waals surface area contributed by atoms with Gasteiger partial charge in [0.15, 0.2) is 5.82 Å². The SMILES string of the molecule is CC1CC2CC(CNC(=O)c3ccc(OCc4noc(=O)[nH]4)cc3)(C2)O1. The summed E-state index contributed by atoms with van der Waals surface area (Å²) < 4.78 is 15.9. The van der Waals surface area contributed by atoms with Crippen LogP contribution >= 0.6 is 0 Å². The summed E-state index contributed by atoms with van der Waals surface area (Å²) in [5.74, 6) is 0.861. The van der Waals surface area contributed by atoms with Gasteiger partial charge in [0.25, 0.3) is 5.91 Å². The second kappa shape index (κ2) is 6.60. The molecular weight excluding hydrogens is 338 g/mol. The summed E-state index contributed by atoms with van der Waals surface area (Å²) in [5.41, 5.74) is 0.388. The Morgan fingerprint density at radius 2 is 2.15 bits per heavy atom. The minimum absolute atomic E-state index is 0.0799. The normalized spacial score (nSPS) is 26.8. The highest BCUT2D eigenvalue weighted by atomic mass is 16.5. The number of rotatable bonds is 6. The van der Waals surface area contributed by atoms with Gasteiger partial charge >= 0.3 is 5.76 Å². The average Bonchev–Trinajstić information content (AvgIpc) is 3.02. The van der Waals surface area contributed by atoms with Crippen LogP contribution in [0.2, 0.25) is 0 Å². The summed E-state index contributed by atoms with van der Waals surface area (Å²) in [7, 11) is 0. The second-order valence-corrected chi connectivity index (χ2v) is 7.16. The van der Waals surface area contributed by atoms with Crippen LogP contribution in [0.25, 0.3) is 0 Å².